The fourth-order valence-corrected chi connectivity index (χ4v) is 4.40. The molecule has 130 valence electrons. The number of hydrogen-bond acceptors (Lipinski definition) is 3. The van der Waals surface area contributed by atoms with Crippen LogP contribution in [0.1, 0.15) is 58.8 Å². The maximum atomic E-state index is 12.5. The van der Waals surface area contributed by atoms with E-state index in [1.54, 1.807) is 24.3 Å². The Hall–Kier alpha value is -1.07. The first-order valence-electron chi connectivity index (χ1n) is 8.78. The lowest BCUT2D eigenvalue weighted by atomic mass is 9.85. The highest BCUT2D eigenvalue weighted by Gasteiger charge is 2.25. The van der Waals surface area contributed by atoms with Gasteiger partial charge >= 0.3 is 0 Å². The van der Waals surface area contributed by atoms with Gasteiger partial charge in [0, 0.05) is 6.04 Å². The van der Waals surface area contributed by atoms with Crippen molar-refractivity contribution in [2.45, 2.75) is 69.7 Å². The van der Waals surface area contributed by atoms with Gasteiger partial charge in [-0.2, -0.15) is 0 Å². The Morgan fingerprint density at radius 1 is 1.17 bits per heavy atom. The third-order valence-electron chi connectivity index (χ3n) is 4.60. The molecule has 4 nitrogen and oxygen atoms in total. The van der Waals surface area contributed by atoms with Crippen molar-refractivity contribution in [2.24, 2.45) is 5.92 Å². The lowest BCUT2D eigenvalue weighted by Gasteiger charge is -2.28. The van der Waals surface area contributed by atoms with Crippen molar-refractivity contribution in [3.8, 4) is 5.75 Å². The van der Waals surface area contributed by atoms with Crippen LogP contribution in [0.2, 0.25) is 0 Å². The van der Waals surface area contributed by atoms with E-state index in [1.165, 1.54) is 19.3 Å². The minimum atomic E-state index is -3.46. The number of hydrogen-bond donors (Lipinski definition) is 1. The number of rotatable bonds is 8. The van der Waals surface area contributed by atoms with Crippen LogP contribution in [0.4, 0.5) is 0 Å². The zero-order valence-electron chi connectivity index (χ0n) is 14.3. The highest BCUT2D eigenvalue weighted by Crippen LogP contribution is 2.27. The van der Waals surface area contributed by atoms with Gasteiger partial charge in [0.1, 0.15) is 5.75 Å². The molecule has 0 heterocycles. The van der Waals surface area contributed by atoms with E-state index in [1.807, 2.05) is 6.92 Å². The Morgan fingerprint density at radius 3 is 2.43 bits per heavy atom. The molecular formula is C18H29NO3S. The number of nitrogens with one attached hydrogen (secondary N) is 1. The average molecular weight is 340 g/mol. The molecule has 0 saturated heterocycles. The first-order valence-corrected chi connectivity index (χ1v) is 10.3. The van der Waals surface area contributed by atoms with Crippen LogP contribution in [0.5, 0.6) is 5.75 Å². The average Bonchev–Trinajstić information content (AvgIpc) is 2.56. The lowest BCUT2D eigenvalue weighted by molar-refractivity contribution is 0.303. The quantitative estimate of drug-likeness (QED) is 0.725. The number of ether oxygens (including phenoxy) is 1. The molecule has 2 rings (SSSR count). The molecule has 1 aliphatic carbocycles. The molecule has 0 bridgehead atoms. The van der Waals surface area contributed by atoms with E-state index < -0.39 is 10.0 Å². The Kier molecular flexibility index (Phi) is 6.90. The topological polar surface area (TPSA) is 55.4 Å². The molecule has 1 aromatic carbocycles. The predicted octanol–water partition coefficient (Wildman–Crippen LogP) is 4.11. The second-order valence-corrected chi connectivity index (χ2v) is 8.20. The van der Waals surface area contributed by atoms with Crippen molar-refractivity contribution < 1.29 is 13.2 Å². The fraction of sp³-hybridized carbons (Fsp3) is 0.667. The Balaban J connectivity index is 1.95. The minimum absolute atomic E-state index is 0.0132. The predicted molar refractivity (Wildman–Crippen MR) is 93.2 cm³/mol. The van der Waals surface area contributed by atoms with Crippen LogP contribution in [-0.2, 0) is 10.0 Å². The van der Waals surface area contributed by atoms with Gasteiger partial charge in [0.2, 0.25) is 10.0 Å². The molecule has 0 radical (unpaired) electrons. The Morgan fingerprint density at radius 2 is 1.83 bits per heavy atom. The van der Waals surface area contributed by atoms with Gasteiger partial charge < -0.3 is 4.74 Å². The van der Waals surface area contributed by atoms with Gasteiger partial charge in [-0.3, -0.25) is 0 Å². The van der Waals surface area contributed by atoms with E-state index in [2.05, 4.69) is 11.6 Å². The van der Waals surface area contributed by atoms with Crippen LogP contribution in [0.25, 0.3) is 0 Å². The number of sulfonamides is 1. The van der Waals surface area contributed by atoms with Gasteiger partial charge in [-0.15, -0.1) is 0 Å². The summed E-state index contributed by atoms with van der Waals surface area (Å²) in [5.41, 5.74) is 0. The van der Waals surface area contributed by atoms with Gasteiger partial charge in [0.05, 0.1) is 11.5 Å². The molecule has 1 N–H and O–H groups in total. The molecule has 0 amide bonds. The summed E-state index contributed by atoms with van der Waals surface area (Å²) in [7, 11) is -3.46. The normalized spacial score (nSPS) is 17.8. The molecular weight excluding hydrogens is 310 g/mol. The second-order valence-electron chi connectivity index (χ2n) is 6.48. The van der Waals surface area contributed by atoms with Crippen molar-refractivity contribution in [3.63, 3.8) is 0 Å². The summed E-state index contributed by atoms with van der Waals surface area (Å²) < 4.78 is 33.4. The first-order chi connectivity index (χ1) is 11.0. The molecule has 1 aliphatic rings. The zero-order valence-corrected chi connectivity index (χ0v) is 15.1. The molecule has 5 heteroatoms. The SMILES string of the molecule is CCCCOc1ccc(S(=O)(=O)NC(C)C2CCCCC2)cc1. The van der Waals surface area contributed by atoms with E-state index in [0.717, 1.165) is 31.4 Å². The van der Waals surface area contributed by atoms with Crippen molar-refractivity contribution >= 4 is 10.0 Å². The third kappa shape index (κ3) is 5.50. The Labute approximate surface area is 140 Å². The van der Waals surface area contributed by atoms with Crippen LogP contribution < -0.4 is 9.46 Å². The third-order valence-corrected chi connectivity index (χ3v) is 6.17. The highest BCUT2D eigenvalue weighted by atomic mass is 32.2. The second kappa shape index (κ2) is 8.69. The van der Waals surface area contributed by atoms with Crippen LogP contribution in [0.3, 0.4) is 0 Å². The van der Waals surface area contributed by atoms with Gasteiger partial charge in [-0.25, -0.2) is 13.1 Å². The molecule has 0 aromatic heterocycles. The number of unbranched alkanes of at least 4 members (excludes halogenated alkanes) is 1. The molecule has 1 fully saturated rings. The van der Waals surface area contributed by atoms with Crippen molar-refractivity contribution in [2.75, 3.05) is 6.61 Å². The van der Waals surface area contributed by atoms with E-state index in [4.69, 9.17) is 4.74 Å². The van der Waals surface area contributed by atoms with E-state index in [-0.39, 0.29) is 6.04 Å². The van der Waals surface area contributed by atoms with Crippen molar-refractivity contribution in [1.29, 1.82) is 0 Å². The largest absolute Gasteiger partial charge is 0.494 e. The van der Waals surface area contributed by atoms with Gasteiger partial charge in [0.25, 0.3) is 0 Å². The molecule has 1 unspecified atom stereocenters. The molecule has 1 aromatic rings. The minimum Gasteiger partial charge on any atom is -0.494 e. The van der Waals surface area contributed by atoms with E-state index in [9.17, 15) is 8.42 Å². The maximum Gasteiger partial charge on any atom is 0.240 e. The van der Waals surface area contributed by atoms with Crippen LogP contribution in [-0.4, -0.2) is 21.1 Å². The van der Waals surface area contributed by atoms with E-state index in [0.29, 0.717) is 17.4 Å². The van der Waals surface area contributed by atoms with E-state index >= 15 is 0 Å². The summed E-state index contributed by atoms with van der Waals surface area (Å²) in [4.78, 5) is 0.308. The summed E-state index contributed by atoms with van der Waals surface area (Å²) in [6.45, 7) is 4.76. The number of benzene rings is 1. The summed E-state index contributed by atoms with van der Waals surface area (Å²) in [6, 6.07) is 6.69. The van der Waals surface area contributed by atoms with Gasteiger partial charge in [0.15, 0.2) is 0 Å². The molecule has 1 atom stereocenters. The molecule has 23 heavy (non-hydrogen) atoms. The summed E-state index contributed by atoms with van der Waals surface area (Å²) in [6.07, 6.45) is 8.01. The Bertz CT molecular complexity index is 562. The van der Waals surface area contributed by atoms with Crippen molar-refractivity contribution in [3.05, 3.63) is 24.3 Å². The summed E-state index contributed by atoms with van der Waals surface area (Å²) in [5.74, 6) is 1.17. The fourth-order valence-electron chi connectivity index (χ4n) is 3.09. The summed E-state index contributed by atoms with van der Waals surface area (Å²) >= 11 is 0. The van der Waals surface area contributed by atoms with Crippen LogP contribution >= 0.6 is 0 Å². The van der Waals surface area contributed by atoms with Gasteiger partial charge in [-0.05, 0) is 56.4 Å². The first kappa shape index (κ1) is 18.3. The van der Waals surface area contributed by atoms with Crippen LogP contribution in [0, 0.1) is 5.92 Å². The van der Waals surface area contributed by atoms with Crippen molar-refractivity contribution in [1.82, 2.24) is 4.72 Å². The van der Waals surface area contributed by atoms with Crippen LogP contribution in [0.15, 0.2) is 29.2 Å². The zero-order chi connectivity index (χ0) is 16.7. The summed E-state index contributed by atoms with van der Waals surface area (Å²) in [5, 5.41) is 0. The molecule has 0 aliphatic heterocycles. The maximum absolute atomic E-state index is 12.5. The lowest BCUT2D eigenvalue weighted by Crippen LogP contribution is -2.38. The smallest absolute Gasteiger partial charge is 0.240 e. The highest BCUT2D eigenvalue weighted by molar-refractivity contribution is 7.89. The molecule has 1 saturated carbocycles. The van der Waals surface area contributed by atoms with Gasteiger partial charge in [-0.1, -0.05) is 32.6 Å². The monoisotopic (exact) mass is 339 g/mol. The molecule has 0 spiro atoms. The standard InChI is InChI=1S/C18H29NO3S/c1-3-4-14-22-17-10-12-18(13-11-17)23(20,21)19-15(2)16-8-6-5-7-9-16/h10-13,15-16,19H,3-9,14H2,1-2H3.